The number of alkyl halides is 3. The monoisotopic (exact) mass is 225 g/mol. The number of ether oxygens (including phenoxy) is 1. The molecule has 0 aromatic heterocycles. The van der Waals surface area contributed by atoms with E-state index in [1.54, 1.807) is 6.92 Å². The lowest BCUT2D eigenvalue weighted by molar-refractivity contribution is -0.183. The second kappa shape index (κ2) is 5.70. The maximum absolute atomic E-state index is 11.8. The van der Waals surface area contributed by atoms with Gasteiger partial charge in [-0.15, -0.1) is 0 Å². The van der Waals surface area contributed by atoms with Crippen molar-refractivity contribution in [2.75, 3.05) is 13.2 Å². The van der Waals surface area contributed by atoms with E-state index in [9.17, 15) is 13.2 Å². The molecular formula is C10H18F3NO. The maximum atomic E-state index is 11.8. The van der Waals surface area contributed by atoms with Crippen LogP contribution >= 0.6 is 0 Å². The summed E-state index contributed by atoms with van der Waals surface area (Å²) in [5.41, 5.74) is 0. The van der Waals surface area contributed by atoms with Gasteiger partial charge in [0.1, 0.15) is 6.61 Å². The fourth-order valence-electron chi connectivity index (χ4n) is 1.76. The van der Waals surface area contributed by atoms with Crippen molar-refractivity contribution < 1.29 is 17.9 Å². The third kappa shape index (κ3) is 5.99. The van der Waals surface area contributed by atoms with Crippen molar-refractivity contribution in [3.63, 3.8) is 0 Å². The van der Waals surface area contributed by atoms with E-state index in [1.165, 1.54) is 12.8 Å². The zero-order valence-electron chi connectivity index (χ0n) is 8.94. The van der Waals surface area contributed by atoms with E-state index in [0.29, 0.717) is 12.6 Å². The van der Waals surface area contributed by atoms with Crippen LogP contribution in [0.5, 0.6) is 0 Å². The van der Waals surface area contributed by atoms with Crippen LogP contribution < -0.4 is 5.32 Å². The summed E-state index contributed by atoms with van der Waals surface area (Å²) in [7, 11) is 0. The minimum absolute atomic E-state index is 0.382. The molecule has 5 heteroatoms. The zero-order valence-corrected chi connectivity index (χ0v) is 8.94. The molecule has 1 fully saturated rings. The Labute approximate surface area is 88.2 Å². The normalized spacial score (nSPS) is 20.8. The van der Waals surface area contributed by atoms with Gasteiger partial charge in [-0.25, -0.2) is 0 Å². The van der Waals surface area contributed by atoms with Gasteiger partial charge in [0.05, 0.1) is 6.10 Å². The van der Waals surface area contributed by atoms with E-state index >= 15 is 0 Å². The van der Waals surface area contributed by atoms with Crippen molar-refractivity contribution in [3.05, 3.63) is 0 Å². The number of halogens is 3. The van der Waals surface area contributed by atoms with Crippen LogP contribution in [0.4, 0.5) is 13.2 Å². The van der Waals surface area contributed by atoms with Crippen molar-refractivity contribution in [1.29, 1.82) is 0 Å². The molecule has 1 atom stereocenters. The molecule has 0 saturated heterocycles. The maximum Gasteiger partial charge on any atom is 0.411 e. The first-order chi connectivity index (χ1) is 6.97. The summed E-state index contributed by atoms with van der Waals surface area (Å²) in [5, 5.41) is 3.23. The average molecular weight is 225 g/mol. The molecule has 1 rings (SSSR count). The highest BCUT2D eigenvalue weighted by molar-refractivity contribution is 4.74. The standard InChI is InChI=1S/C10H18F3NO/c1-8(15-7-10(11,12)13)6-14-9-4-2-3-5-9/h8-9,14H,2-7H2,1H3. The Morgan fingerprint density at radius 1 is 1.33 bits per heavy atom. The van der Waals surface area contributed by atoms with Crippen LogP contribution in [-0.4, -0.2) is 31.5 Å². The highest BCUT2D eigenvalue weighted by Crippen LogP contribution is 2.18. The van der Waals surface area contributed by atoms with Gasteiger partial charge in [-0.1, -0.05) is 12.8 Å². The fourth-order valence-corrected chi connectivity index (χ4v) is 1.76. The van der Waals surface area contributed by atoms with Crippen LogP contribution in [0, 0.1) is 0 Å². The molecule has 1 unspecified atom stereocenters. The van der Waals surface area contributed by atoms with E-state index in [4.69, 9.17) is 0 Å². The predicted octanol–water partition coefficient (Wildman–Crippen LogP) is 2.49. The van der Waals surface area contributed by atoms with Gasteiger partial charge in [-0.3, -0.25) is 0 Å². The van der Waals surface area contributed by atoms with Crippen LogP contribution in [0.1, 0.15) is 32.6 Å². The molecule has 1 aliphatic rings. The minimum Gasteiger partial charge on any atom is -0.368 e. The highest BCUT2D eigenvalue weighted by Gasteiger charge is 2.28. The highest BCUT2D eigenvalue weighted by atomic mass is 19.4. The van der Waals surface area contributed by atoms with Crippen molar-refractivity contribution in [2.24, 2.45) is 0 Å². The minimum atomic E-state index is -4.22. The fraction of sp³-hybridized carbons (Fsp3) is 1.00. The van der Waals surface area contributed by atoms with Gasteiger partial charge in [-0.2, -0.15) is 13.2 Å². The van der Waals surface area contributed by atoms with Crippen molar-refractivity contribution >= 4 is 0 Å². The molecule has 0 spiro atoms. The number of hydrogen-bond acceptors (Lipinski definition) is 2. The van der Waals surface area contributed by atoms with Gasteiger partial charge < -0.3 is 10.1 Å². The van der Waals surface area contributed by atoms with E-state index < -0.39 is 12.8 Å². The second-order valence-corrected chi connectivity index (χ2v) is 4.13. The Morgan fingerprint density at radius 3 is 2.47 bits per heavy atom. The van der Waals surface area contributed by atoms with Crippen molar-refractivity contribution in [3.8, 4) is 0 Å². The number of rotatable bonds is 5. The topological polar surface area (TPSA) is 21.3 Å². The SMILES string of the molecule is CC(CNC1CCCC1)OCC(F)(F)F. The number of nitrogens with one attached hydrogen (secondary N) is 1. The first-order valence-corrected chi connectivity index (χ1v) is 5.39. The molecule has 1 N–H and O–H groups in total. The lowest BCUT2D eigenvalue weighted by Gasteiger charge is -2.18. The molecule has 0 bridgehead atoms. The van der Waals surface area contributed by atoms with Crippen LogP contribution in [0.3, 0.4) is 0 Å². The summed E-state index contributed by atoms with van der Waals surface area (Å²) < 4.78 is 40.1. The summed E-state index contributed by atoms with van der Waals surface area (Å²) in [4.78, 5) is 0. The largest absolute Gasteiger partial charge is 0.411 e. The summed E-state index contributed by atoms with van der Waals surface area (Å²) in [5.74, 6) is 0. The molecule has 0 aromatic rings. The predicted molar refractivity (Wildman–Crippen MR) is 51.7 cm³/mol. The Morgan fingerprint density at radius 2 is 1.93 bits per heavy atom. The average Bonchev–Trinajstić information content (AvgIpc) is 2.62. The molecular weight excluding hydrogens is 207 g/mol. The molecule has 0 aliphatic heterocycles. The van der Waals surface area contributed by atoms with E-state index in [-0.39, 0.29) is 6.10 Å². The van der Waals surface area contributed by atoms with Crippen LogP contribution in [0.15, 0.2) is 0 Å². The summed E-state index contributed by atoms with van der Waals surface area (Å²) in [6.45, 7) is 1.01. The third-order valence-electron chi connectivity index (χ3n) is 2.58. The Balaban J connectivity index is 2.05. The Bertz CT molecular complexity index is 178. The molecule has 0 amide bonds. The molecule has 0 heterocycles. The zero-order chi connectivity index (χ0) is 11.3. The molecule has 2 nitrogen and oxygen atoms in total. The Hall–Kier alpha value is -0.290. The second-order valence-electron chi connectivity index (χ2n) is 4.13. The Kier molecular flexibility index (Phi) is 4.86. The van der Waals surface area contributed by atoms with Gasteiger partial charge in [-0.05, 0) is 19.8 Å². The van der Waals surface area contributed by atoms with Crippen LogP contribution in [-0.2, 0) is 4.74 Å². The van der Waals surface area contributed by atoms with Crippen LogP contribution in [0.25, 0.3) is 0 Å². The van der Waals surface area contributed by atoms with E-state index in [1.807, 2.05) is 0 Å². The molecule has 1 saturated carbocycles. The first-order valence-electron chi connectivity index (χ1n) is 5.39. The van der Waals surface area contributed by atoms with Gasteiger partial charge >= 0.3 is 6.18 Å². The molecule has 90 valence electrons. The van der Waals surface area contributed by atoms with E-state index in [2.05, 4.69) is 10.1 Å². The van der Waals surface area contributed by atoms with Gasteiger partial charge in [0.15, 0.2) is 0 Å². The number of hydrogen-bond donors (Lipinski definition) is 1. The van der Waals surface area contributed by atoms with E-state index in [0.717, 1.165) is 12.8 Å². The van der Waals surface area contributed by atoms with Gasteiger partial charge in [0.2, 0.25) is 0 Å². The van der Waals surface area contributed by atoms with Crippen molar-refractivity contribution in [2.45, 2.75) is 50.9 Å². The van der Waals surface area contributed by atoms with Gasteiger partial charge in [0, 0.05) is 12.6 Å². The van der Waals surface area contributed by atoms with Crippen LogP contribution in [0.2, 0.25) is 0 Å². The summed E-state index contributed by atoms with van der Waals surface area (Å²) >= 11 is 0. The molecule has 0 aromatic carbocycles. The molecule has 1 aliphatic carbocycles. The molecule has 15 heavy (non-hydrogen) atoms. The lowest BCUT2D eigenvalue weighted by atomic mass is 10.2. The molecule has 0 radical (unpaired) electrons. The third-order valence-corrected chi connectivity index (χ3v) is 2.58. The quantitative estimate of drug-likeness (QED) is 0.776. The summed E-state index contributed by atoms with van der Waals surface area (Å²) in [6, 6.07) is 0.474. The summed E-state index contributed by atoms with van der Waals surface area (Å²) in [6.07, 6.45) is 0.0945. The van der Waals surface area contributed by atoms with Gasteiger partial charge in [0.25, 0.3) is 0 Å². The lowest BCUT2D eigenvalue weighted by Crippen LogP contribution is -2.35. The first kappa shape index (κ1) is 12.8. The van der Waals surface area contributed by atoms with Crippen molar-refractivity contribution in [1.82, 2.24) is 5.32 Å². The smallest absolute Gasteiger partial charge is 0.368 e.